The Labute approximate surface area is 159 Å². The molecule has 0 aromatic heterocycles. The van der Waals surface area contributed by atoms with Gasteiger partial charge in [0.2, 0.25) is 5.12 Å². The normalized spacial score (nSPS) is 15.2. The zero-order valence-corrected chi connectivity index (χ0v) is 16.1. The van der Waals surface area contributed by atoms with Crippen molar-refractivity contribution >= 4 is 56.7 Å². The third-order valence-electron chi connectivity index (χ3n) is 2.81. The number of ether oxygens (including phenoxy) is 2. The first kappa shape index (κ1) is 19.6. The molecule has 1 aliphatic heterocycles. The maximum Gasteiger partial charge on any atom is 0.308 e. The van der Waals surface area contributed by atoms with Gasteiger partial charge in [0.05, 0.1) is 11.6 Å². The number of esters is 1. The van der Waals surface area contributed by atoms with Crippen LogP contribution in [0.5, 0.6) is 11.5 Å². The molecular formula is C17H16ClNO4S2. The van der Waals surface area contributed by atoms with E-state index in [1.807, 2.05) is 0 Å². The van der Waals surface area contributed by atoms with Crippen molar-refractivity contribution in [3.8, 4) is 11.5 Å². The number of benzene rings is 1. The summed E-state index contributed by atoms with van der Waals surface area (Å²) < 4.78 is 11.3. The quantitative estimate of drug-likeness (QED) is 0.303. The number of rotatable bonds is 6. The average Bonchev–Trinajstić information content (AvgIpc) is 2.88. The molecule has 1 aromatic carbocycles. The van der Waals surface area contributed by atoms with Crippen LogP contribution >= 0.6 is 35.1 Å². The maximum atomic E-state index is 12.1. The lowest BCUT2D eigenvalue weighted by molar-refractivity contribution is -0.132. The molecule has 0 spiro atoms. The summed E-state index contributed by atoms with van der Waals surface area (Å²) in [6, 6.07) is 3.25. The Morgan fingerprint density at radius 2 is 2.24 bits per heavy atom. The third kappa shape index (κ3) is 5.39. The number of hydrogen-bond donors (Lipinski definition) is 0. The molecule has 0 N–H and O–H groups in total. The van der Waals surface area contributed by atoms with E-state index in [0.29, 0.717) is 33.7 Å². The van der Waals surface area contributed by atoms with E-state index in [4.69, 9.17) is 21.1 Å². The van der Waals surface area contributed by atoms with Gasteiger partial charge < -0.3 is 9.47 Å². The second-order valence-electron chi connectivity index (χ2n) is 4.75. The van der Waals surface area contributed by atoms with Crippen LogP contribution in [-0.2, 0) is 9.59 Å². The van der Waals surface area contributed by atoms with Gasteiger partial charge >= 0.3 is 5.97 Å². The summed E-state index contributed by atoms with van der Waals surface area (Å²) in [7, 11) is 0. The van der Waals surface area contributed by atoms with Crippen molar-refractivity contribution < 1.29 is 19.1 Å². The van der Waals surface area contributed by atoms with E-state index in [1.54, 1.807) is 31.2 Å². The highest BCUT2D eigenvalue weighted by Crippen LogP contribution is 2.38. The van der Waals surface area contributed by atoms with E-state index in [1.165, 1.54) is 18.7 Å². The number of hydrogen-bond acceptors (Lipinski definition) is 7. The van der Waals surface area contributed by atoms with Gasteiger partial charge in [-0.1, -0.05) is 29.4 Å². The highest BCUT2D eigenvalue weighted by molar-refractivity contribution is 8.45. The lowest BCUT2D eigenvalue weighted by Gasteiger charge is -2.12. The monoisotopic (exact) mass is 397 g/mol. The lowest BCUT2D eigenvalue weighted by Crippen LogP contribution is -2.05. The van der Waals surface area contributed by atoms with Gasteiger partial charge in [-0.3, -0.25) is 9.59 Å². The largest absolute Gasteiger partial charge is 0.490 e. The van der Waals surface area contributed by atoms with Crippen molar-refractivity contribution in [1.29, 1.82) is 0 Å². The minimum atomic E-state index is -0.496. The smallest absolute Gasteiger partial charge is 0.308 e. The highest BCUT2D eigenvalue weighted by Gasteiger charge is 2.22. The molecule has 0 saturated heterocycles. The highest BCUT2D eigenvalue weighted by atomic mass is 35.5. The molecule has 0 atom stereocenters. The molecule has 5 nitrogen and oxygen atoms in total. The Hall–Kier alpha value is -1.70. The molecule has 25 heavy (non-hydrogen) atoms. The van der Waals surface area contributed by atoms with Crippen molar-refractivity contribution in [3.63, 3.8) is 0 Å². The molecule has 2 rings (SSSR count). The second kappa shape index (κ2) is 9.12. The number of carbonyl (C=O) groups is 2. The van der Waals surface area contributed by atoms with Crippen LogP contribution in [0.4, 0.5) is 0 Å². The average molecular weight is 398 g/mol. The van der Waals surface area contributed by atoms with Gasteiger partial charge in [0, 0.05) is 12.7 Å². The molecule has 132 valence electrons. The van der Waals surface area contributed by atoms with E-state index < -0.39 is 5.97 Å². The summed E-state index contributed by atoms with van der Waals surface area (Å²) >= 11 is 8.74. The second-order valence-corrected chi connectivity index (χ2v) is 7.39. The molecule has 8 heteroatoms. The summed E-state index contributed by atoms with van der Waals surface area (Å²) in [4.78, 5) is 27.6. The predicted octanol–water partition coefficient (Wildman–Crippen LogP) is 4.55. The Morgan fingerprint density at radius 3 is 2.88 bits per heavy atom. The van der Waals surface area contributed by atoms with Gasteiger partial charge in [-0.2, -0.15) is 0 Å². The number of carbonyl (C=O) groups excluding carboxylic acids is 2. The van der Waals surface area contributed by atoms with Crippen molar-refractivity contribution in [2.75, 3.05) is 12.4 Å². The summed E-state index contributed by atoms with van der Waals surface area (Å²) in [6.45, 7) is 7.11. The summed E-state index contributed by atoms with van der Waals surface area (Å²) in [5, 5.41) is 0.0843. The molecular weight excluding hydrogens is 382 g/mol. The van der Waals surface area contributed by atoms with Crippen LogP contribution in [0.3, 0.4) is 0 Å². The Balaban J connectivity index is 2.36. The lowest BCUT2D eigenvalue weighted by atomic mass is 10.1. The molecule has 0 fully saturated rings. The Bertz CT molecular complexity index is 774. The van der Waals surface area contributed by atoms with Crippen LogP contribution in [0.15, 0.2) is 35.5 Å². The van der Waals surface area contributed by atoms with Gasteiger partial charge in [0.1, 0.15) is 10.1 Å². The molecule has 0 unspecified atom stereocenters. The summed E-state index contributed by atoms with van der Waals surface area (Å²) in [5.74, 6) is 0.685. The van der Waals surface area contributed by atoms with Gasteiger partial charge in [-0.25, -0.2) is 4.99 Å². The van der Waals surface area contributed by atoms with Gasteiger partial charge in [-0.15, -0.1) is 6.58 Å². The summed E-state index contributed by atoms with van der Waals surface area (Å²) in [6.07, 6.45) is 3.38. The van der Waals surface area contributed by atoms with Crippen LogP contribution in [0, 0.1) is 0 Å². The van der Waals surface area contributed by atoms with E-state index in [2.05, 4.69) is 11.6 Å². The Morgan fingerprint density at radius 1 is 1.48 bits per heavy atom. The van der Waals surface area contributed by atoms with E-state index in [0.717, 1.165) is 11.8 Å². The van der Waals surface area contributed by atoms with Crippen LogP contribution in [0.2, 0.25) is 5.02 Å². The molecule has 0 aliphatic carbocycles. The fraction of sp³-hybridized carbons (Fsp3) is 0.235. The fourth-order valence-electron chi connectivity index (χ4n) is 1.92. The molecule has 1 heterocycles. The molecule has 1 aromatic rings. The topological polar surface area (TPSA) is 65.0 Å². The first-order chi connectivity index (χ1) is 11.9. The maximum absolute atomic E-state index is 12.1. The number of thioether (sulfide) groups is 2. The predicted molar refractivity (Wildman–Crippen MR) is 105 cm³/mol. The van der Waals surface area contributed by atoms with Crippen molar-refractivity contribution in [1.82, 2.24) is 0 Å². The molecule has 1 aliphatic rings. The first-order valence-electron chi connectivity index (χ1n) is 7.35. The van der Waals surface area contributed by atoms with Crippen LogP contribution in [0.1, 0.15) is 19.4 Å². The zero-order valence-electron chi connectivity index (χ0n) is 13.7. The van der Waals surface area contributed by atoms with Crippen LogP contribution < -0.4 is 9.47 Å². The number of aliphatic imine (C=N–C) groups is 1. The van der Waals surface area contributed by atoms with Gasteiger partial charge in [0.15, 0.2) is 11.5 Å². The van der Waals surface area contributed by atoms with Gasteiger partial charge in [0.25, 0.3) is 0 Å². The van der Waals surface area contributed by atoms with E-state index in [-0.39, 0.29) is 15.9 Å². The van der Waals surface area contributed by atoms with E-state index in [9.17, 15) is 9.59 Å². The molecule has 0 saturated carbocycles. The van der Waals surface area contributed by atoms with Crippen LogP contribution in [-0.4, -0.2) is 27.8 Å². The Kier molecular flexibility index (Phi) is 7.16. The van der Waals surface area contributed by atoms with Crippen molar-refractivity contribution in [2.45, 2.75) is 13.8 Å². The van der Waals surface area contributed by atoms with Gasteiger partial charge in [-0.05, 0) is 42.5 Å². The minimum absolute atomic E-state index is 0.135. The first-order valence-corrected chi connectivity index (χ1v) is 9.53. The summed E-state index contributed by atoms with van der Waals surface area (Å²) in [5.41, 5.74) is 0.960. The standard InChI is InChI=1S/C17H16ClNO4S2/c1-4-6-24-17-19-13(16(21)25-17)8-11-7-12(18)15(23-10(3)20)14(9-11)22-5-2/h4,7-9H,1,5-6H2,2-3H3/b13-8-. The molecule has 0 radical (unpaired) electrons. The minimum Gasteiger partial charge on any atom is -0.490 e. The molecule has 0 amide bonds. The van der Waals surface area contributed by atoms with E-state index >= 15 is 0 Å². The number of nitrogens with zero attached hydrogens (tertiary/aromatic N) is 1. The van der Waals surface area contributed by atoms with Crippen molar-refractivity contribution in [2.24, 2.45) is 4.99 Å². The fourth-order valence-corrected chi connectivity index (χ4v) is 3.78. The molecule has 0 bridgehead atoms. The number of halogens is 1. The third-order valence-corrected chi connectivity index (χ3v) is 5.09. The zero-order chi connectivity index (χ0) is 18.4. The SMILES string of the molecule is C=CCSC1=N/C(=C\c2cc(Cl)c(OC(C)=O)c(OCC)c2)C(=O)S1. The van der Waals surface area contributed by atoms with Crippen molar-refractivity contribution in [3.05, 3.63) is 41.1 Å². The van der Waals surface area contributed by atoms with Crippen LogP contribution in [0.25, 0.3) is 6.08 Å².